The van der Waals surface area contributed by atoms with E-state index in [0.29, 0.717) is 12.2 Å². The molecule has 2 aromatic carbocycles. The lowest BCUT2D eigenvalue weighted by Gasteiger charge is -2.20. The first kappa shape index (κ1) is 28.4. The van der Waals surface area contributed by atoms with Crippen LogP contribution in [0.1, 0.15) is 80.8 Å². The van der Waals surface area contributed by atoms with Gasteiger partial charge in [0.2, 0.25) is 0 Å². The van der Waals surface area contributed by atoms with Crippen molar-refractivity contribution in [1.29, 1.82) is 0 Å². The number of benzene rings is 3. The average molecular weight is 527 g/mol. The Hall–Kier alpha value is -3.60. The number of carbonyl (C=O) groups is 1. The van der Waals surface area contributed by atoms with Crippen LogP contribution in [0.25, 0.3) is 33.4 Å². The minimum Gasteiger partial charge on any atom is -0.462 e. The summed E-state index contributed by atoms with van der Waals surface area (Å²) < 4.78 is 12.2. The van der Waals surface area contributed by atoms with E-state index in [4.69, 9.17) is 14.1 Å². The second kappa shape index (κ2) is 13.5. The lowest BCUT2D eigenvalue weighted by atomic mass is 9.89. The summed E-state index contributed by atoms with van der Waals surface area (Å²) in [5.41, 5.74) is 7.45. The normalized spacial score (nSPS) is 11.9. The second-order valence-electron chi connectivity index (χ2n) is 10.3. The Balaban J connectivity index is 1.98. The number of aryl methyl sites for hydroxylation is 2. The van der Waals surface area contributed by atoms with Crippen molar-refractivity contribution in [3.8, 4) is 22.5 Å². The third kappa shape index (κ3) is 6.52. The monoisotopic (exact) mass is 526 g/mol. The Morgan fingerprint density at radius 1 is 0.897 bits per heavy atom. The van der Waals surface area contributed by atoms with Crippen molar-refractivity contribution >= 4 is 22.6 Å². The molecule has 4 rings (SSSR count). The van der Waals surface area contributed by atoms with Gasteiger partial charge < -0.3 is 14.5 Å². The summed E-state index contributed by atoms with van der Waals surface area (Å²) in [6.45, 7) is 12.8. The molecule has 2 aromatic rings. The number of hydrogen-bond acceptors (Lipinski definition) is 5. The first-order valence-electron chi connectivity index (χ1n) is 14.5. The number of ether oxygens (including phenoxy) is 1. The molecule has 0 bridgehead atoms. The number of carbonyl (C=O) groups excluding carboxylic acids is 1. The van der Waals surface area contributed by atoms with Gasteiger partial charge in [-0.25, -0.2) is 4.79 Å². The second-order valence-corrected chi connectivity index (χ2v) is 10.3. The van der Waals surface area contributed by atoms with E-state index in [9.17, 15) is 4.79 Å². The van der Waals surface area contributed by atoms with Gasteiger partial charge in [-0.05, 0) is 68.0 Å². The molecular formula is C34H42N2O3. The molecule has 1 heterocycles. The van der Waals surface area contributed by atoms with Crippen LogP contribution in [0.5, 0.6) is 0 Å². The van der Waals surface area contributed by atoms with Crippen molar-refractivity contribution in [2.24, 2.45) is 4.99 Å². The van der Waals surface area contributed by atoms with Gasteiger partial charge in [0.25, 0.3) is 0 Å². The van der Waals surface area contributed by atoms with Gasteiger partial charge in [0.1, 0.15) is 11.3 Å². The molecule has 0 spiro atoms. The van der Waals surface area contributed by atoms with E-state index in [1.165, 1.54) is 0 Å². The molecule has 5 nitrogen and oxygen atoms in total. The fraction of sp³-hybridized carbons (Fsp3) is 0.412. The van der Waals surface area contributed by atoms with Gasteiger partial charge in [-0.2, -0.15) is 0 Å². The molecule has 0 saturated carbocycles. The zero-order valence-electron chi connectivity index (χ0n) is 24.2. The fourth-order valence-corrected chi connectivity index (χ4v) is 4.86. The van der Waals surface area contributed by atoms with Gasteiger partial charge in [-0.3, -0.25) is 4.99 Å². The number of hydrogen-bond donors (Lipinski definition) is 1. The number of esters is 1. The van der Waals surface area contributed by atoms with Crippen molar-refractivity contribution in [3.05, 3.63) is 70.6 Å². The van der Waals surface area contributed by atoms with Gasteiger partial charge in [0.15, 0.2) is 0 Å². The Kier molecular flexibility index (Phi) is 9.80. The number of fused-ring (bicyclic) bond motifs is 2. The third-order valence-electron chi connectivity index (χ3n) is 7.17. The van der Waals surface area contributed by atoms with Crippen LogP contribution in [0.3, 0.4) is 0 Å². The summed E-state index contributed by atoms with van der Waals surface area (Å²) in [5.74, 6) is 0.467. The van der Waals surface area contributed by atoms with Crippen LogP contribution in [0.15, 0.2) is 57.9 Å². The molecule has 1 aliphatic heterocycles. The SMILES string of the molecule is CCCCN=c1cc2oc3cc(NCCCC)c(C)cc3c(-c3ccccc3C(=O)OCCCC)c-2cc1C. The summed E-state index contributed by atoms with van der Waals surface area (Å²) in [6, 6.07) is 16.2. The molecular weight excluding hydrogens is 484 g/mol. The van der Waals surface area contributed by atoms with Crippen LogP contribution in [0.2, 0.25) is 0 Å². The Morgan fingerprint density at radius 3 is 2.44 bits per heavy atom. The van der Waals surface area contributed by atoms with Crippen LogP contribution >= 0.6 is 0 Å². The molecule has 1 N–H and O–H groups in total. The highest BCUT2D eigenvalue weighted by atomic mass is 16.5. The van der Waals surface area contributed by atoms with E-state index in [0.717, 1.165) is 107 Å². The van der Waals surface area contributed by atoms with E-state index in [1.54, 1.807) is 0 Å². The summed E-state index contributed by atoms with van der Waals surface area (Å²) in [5, 5.41) is 5.50. The average Bonchev–Trinajstić information content (AvgIpc) is 2.93. The smallest absolute Gasteiger partial charge is 0.338 e. The maximum Gasteiger partial charge on any atom is 0.338 e. The molecule has 0 unspecified atom stereocenters. The molecule has 5 heteroatoms. The van der Waals surface area contributed by atoms with Crippen molar-refractivity contribution in [2.75, 3.05) is 25.0 Å². The lowest BCUT2D eigenvalue weighted by molar-refractivity contribution is 0.0500. The standard InChI is InChI=1S/C34H42N2O3/c1-6-9-16-35-29-21-31-27(19-23(29)4)33(25-14-12-13-15-26(25)34(37)38-18-11-8-3)28-20-24(5)30(22-32(28)39-31)36-17-10-7-2/h12-15,19-22,35H,6-11,16-18H2,1-5H3. The quantitative estimate of drug-likeness (QED) is 0.114. The zero-order valence-corrected chi connectivity index (χ0v) is 24.2. The maximum absolute atomic E-state index is 13.3. The van der Waals surface area contributed by atoms with Crippen LogP contribution in [0.4, 0.5) is 5.69 Å². The molecule has 2 aliphatic rings. The highest BCUT2D eigenvalue weighted by molar-refractivity contribution is 6.08. The number of anilines is 1. The molecule has 0 amide bonds. The van der Waals surface area contributed by atoms with Crippen molar-refractivity contribution < 1.29 is 13.9 Å². The molecule has 0 aromatic heterocycles. The predicted molar refractivity (Wildman–Crippen MR) is 162 cm³/mol. The van der Waals surface area contributed by atoms with Crippen molar-refractivity contribution in [1.82, 2.24) is 0 Å². The Labute approximate surface area is 232 Å². The van der Waals surface area contributed by atoms with E-state index in [2.05, 4.69) is 64.2 Å². The van der Waals surface area contributed by atoms with Crippen molar-refractivity contribution in [3.63, 3.8) is 0 Å². The van der Waals surface area contributed by atoms with Crippen LogP contribution in [0, 0.1) is 13.8 Å². The predicted octanol–water partition coefficient (Wildman–Crippen LogP) is 8.69. The summed E-state index contributed by atoms with van der Waals surface area (Å²) in [6.07, 6.45) is 6.22. The highest BCUT2D eigenvalue weighted by Gasteiger charge is 2.23. The van der Waals surface area contributed by atoms with Crippen molar-refractivity contribution in [2.45, 2.75) is 73.1 Å². The molecule has 39 heavy (non-hydrogen) atoms. The van der Waals surface area contributed by atoms with Gasteiger partial charge in [-0.15, -0.1) is 0 Å². The largest absolute Gasteiger partial charge is 0.462 e. The molecule has 0 radical (unpaired) electrons. The van der Waals surface area contributed by atoms with Gasteiger partial charge >= 0.3 is 5.97 Å². The van der Waals surface area contributed by atoms with E-state index in [1.807, 2.05) is 24.3 Å². The topological polar surface area (TPSA) is 63.8 Å². The third-order valence-corrected chi connectivity index (χ3v) is 7.17. The van der Waals surface area contributed by atoms with Crippen LogP contribution in [-0.4, -0.2) is 25.7 Å². The minimum atomic E-state index is -0.293. The maximum atomic E-state index is 13.3. The molecule has 0 atom stereocenters. The van der Waals surface area contributed by atoms with Gasteiger partial charge in [0, 0.05) is 47.4 Å². The summed E-state index contributed by atoms with van der Waals surface area (Å²) >= 11 is 0. The first-order chi connectivity index (χ1) is 19.0. The number of rotatable bonds is 12. The minimum absolute atomic E-state index is 0.293. The summed E-state index contributed by atoms with van der Waals surface area (Å²) in [4.78, 5) is 18.1. The lowest BCUT2D eigenvalue weighted by Crippen LogP contribution is -2.11. The van der Waals surface area contributed by atoms with Crippen LogP contribution in [-0.2, 0) is 4.74 Å². The Bertz CT molecular complexity index is 1470. The summed E-state index contributed by atoms with van der Waals surface area (Å²) in [7, 11) is 0. The number of unbranched alkanes of at least 4 members (excludes halogenated alkanes) is 3. The van der Waals surface area contributed by atoms with E-state index >= 15 is 0 Å². The van der Waals surface area contributed by atoms with E-state index in [-0.39, 0.29) is 5.97 Å². The number of nitrogens with one attached hydrogen (secondary N) is 1. The number of nitrogens with zero attached hydrogens (tertiary/aromatic N) is 1. The zero-order chi connectivity index (χ0) is 27.8. The van der Waals surface area contributed by atoms with Crippen LogP contribution < -0.4 is 10.7 Å². The molecule has 1 aliphatic carbocycles. The highest BCUT2D eigenvalue weighted by Crippen LogP contribution is 2.43. The Morgan fingerprint density at radius 2 is 1.67 bits per heavy atom. The van der Waals surface area contributed by atoms with Gasteiger partial charge in [-0.1, -0.05) is 58.2 Å². The van der Waals surface area contributed by atoms with E-state index < -0.39 is 0 Å². The molecule has 206 valence electrons. The van der Waals surface area contributed by atoms with Gasteiger partial charge in [0.05, 0.1) is 17.5 Å². The first-order valence-corrected chi connectivity index (χ1v) is 14.5. The molecule has 0 saturated heterocycles. The fourth-order valence-electron chi connectivity index (χ4n) is 4.86. The molecule has 0 fully saturated rings.